The first-order valence-electron chi connectivity index (χ1n) is 9.09. The monoisotopic (exact) mass is 469 g/mol. The number of hydrogen-bond acceptors (Lipinski definition) is 4. The molecule has 0 bridgehead atoms. The molecule has 4 aromatic rings. The van der Waals surface area contributed by atoms with Gasteiger partial charge in [-0.1, -0.05) is 30.0 Å². The standard InChI is InChI=1S/C21H13F6N3OS/c22-20(23,24)14-8-6-13(7-9-14)12-32-19-29-28-18(17-5-2-10-31-17)30(19)16-4-1-3-15(11-16)21(25,26)27/h1-11H,12H2. The average molecular weight is 469 g/mol. The second-order valence-corrected chi connectivity index (χ2v) is 7.59. The van der Waals surface area contributed by atoms with E-state index in [1.165, 1.54) is 35.1 Å². The zero-order valence-corrected chi connectivity index (χ0v) is 16.8. The van der Waals surface area contributed by atoms with Gasteiger partial charge in [-0.15, -0.1) is 10.2 Å². The third kappa shape index (κ3) is 4.67. The van der Waals surface area contributed by atoms with Gasteiger partial charge in [0.25, 0.3) is 0 Å². The molecule has 11 heteroatoms. The first kappa shape index (κ1) is 22.0. The Morgan fingerprint density at radius 1 is 0.812 bits per heavy atom. The zero-order valence-electron chi connectivity index (χ0n) is 16.0. The van der Waals surface area contributed by atoms with Crippen molar-refractivity contribution in [2.24, 2.45) is 0 Å². The topological polar surface area (TPSA) is 43.9 Å². The summed E-state index contributed by atoms with van der Waals surface area (Å²) >= 11 is 1.12. The number of rotatable bonds is 5. The number of thioether (sulfide) groups is 1. The first-order chi connectivity index (χ1) is 15.1. The van der Waals surface area contributed by atoms with Crippen molar-refractivity contribution in [2.45, 2.75) is 23.3 Å². The van der Waals surface area contributed by atoms with Gasteiger partial charge in [0.2, 0.25) is 5.82 Å². The van der Waals surface area contributed by atoms with E-state index in [4.69, 9.17) is 4.42 Å². The van der Waals surface area contributed by atoms with Crippen LogP contribution in [0.2, 0.25) is 0 Å². The molecule has 4 rings (SSSR count). The van der Waals surface area contributed by atoms with Crippen LogP contribution in [0.5, 0.6) is 0 Å². The Kier molecular flexibility index (Phi) is 5.76. The van der Waals surface area contributed by atoms with Gasteiger partial charge in [-0.05, 0) is 48.0 Å². The Labute approximate surface area is 181 Å². The molecule has 0 saturated heterocycles. The van der Waals surface area contributed by atoms with Crippen molar-refractivity contribution < 1.29 is 30.8 Å². The number of hydrogen-bond donors (Lipinski definition) is 0. The van der Waals surface area contributed by atoms with Gasteiger partial charge in [0.15, 0.2) is 10.9 Å². The lowest BCUT2D eigenvalue weighted by Gasteiger charge is -2.12. The number of benzene rings is 2. The molecule has 0 unspecified atom stereocenters. The van der Waals surface area contributed by atoms with Crippen molar-refractivity contribution in [3.8, 4) is 17.3 Å². The highest BCUT2D eigenvalue weighted by molar-refractivity contribution is 7.98. The molecule has 0 aliphatic rings. The maximum atomic E-state index is 13.2. The second kappa shape index (κ2) is 8.38. The smallest absolute Gasteiger partial charge is 0.416 e. The van der Waals surface area contributed by atoms with E-state index in [1.54, 1.807) is 12.1 Å². The molecule has 0 fully saturated rings. The SMILES string of the molecule is FC(F)(F)c1ccc(CSc2nnc(-c3ccco3)n2-c2cccc(C(F)(F)F)c2)cc1. The van der Waals surface area contributed by atoms with E-state index in [-0.39, 0.29) is 22.4 Å². The van der Waals surface area contributed by atoms with Crippen LogP contribution in [0, 0.1) is 0 Å². The first-order valence-corrected chi connectivity index (χ1v) is 10.1. The van der Waals surface area contributed by atoms with Gasteiger partial charge < -0.3 is 4.42 Å². The lowest BCUT2D eigenvalue weighted by molar-refractivity contribution is -0.138. The second-order valence-electron chi connectivity index (χ2n) is 6.65. The Bertz CT molecular complexity index is 1200. The summed E-state index contributed by atoms with van der Waals surface area (Å²) < 4.78 is 84.7. The van der Waals surface area contributed by atoms with Crippen LogP contribution in [0.4, 0.5) is 26.3 Å². The van der Waals surface area contributed by atoms with Crippen LogP contribution in [-0.4, -0.2) is 14.8 Å². The molecule has 2 aromatic carbocycles. The summed E-state index contributed by atoms with van der Waals surface area (Å²) in [5, 5.41) is 8.38. The summed E-state index contributed by atoms with van der Waals surface area (Å²) in [6.45, 7) is 0. The van der Waals surface area contributed by atoms with E-state index in [9.17, 15) is 26.3 Å². The van der Waals surface area contributed by atoms with Crippen LogP contribution >= 0.6 is 11.8 Å². The summed E-state index contributed by atoms with van der Waals surface area (Å²) in [5.74, 6) is 0.730. The molecule has 0 spiro atoms. The minimum Gasteiger partial charge on any atom is -0.461 e. The third-order valence-electron chi connectivity index (χ3n) is 4.46. The Morgan fingerprint density at radius 2 is 1.53 bits per heavy atom. The van der Waals surface area contributed by atoms with Crippen molar-refractivity contribution in [1.29, 1.82) is 0 Å². The van der Waals surface area contributed by atoms with E-state index in [0.717, 1.165) is 36.0 Å². The molecular formula is C21H13F6N3OS. The Morgan fingerprint density at radius 3 is 2.16 bits per heavy atom. The molecule has 32 heavy (non-hydrogen) atoms. The van der Waals surface area contributed by atoms with Crippen LogP contribution in [-0.2, 0) is 18.1 Å². The van der Waals surface area contributed by atoms with Gasteiger partial charge in [-0.2, -0.15) is 26.3 Å². The normalized spacial score (nSPS) is 12.3. The van der Waals surface area contributed by atoms with Crippen LogP contribution in [0.1, 0.15) is 16.7 Å². The van der Waals surface area contributed by atoms with Crippen LogP contribution in [0.3, 0.4) is 0 Å². The average Bonchev–Trinajstić information content (AvgIpc) is 3.41. The highest BCUT2D eigenvalue weighted by Crippen LogP contribution is 2.35. The highest BCUT2D eigenvalue weighted by Gasteiger charge is 2.31. The summed E-state index contributed by atoms with van der Waals surface area (Å²) in [6.07, 6.45) is -7.58. The maximum absolute atomic E-state index is 13.2. The predicted octanol–water partition coefficient (Wildman–Crippen LogP) is 6.86. The van der Waals surface area contributed by atoms with Crippen molar-refractivity contribution in [3.05, 3.63) is 83.6 Å². The van der Waals surface area contributed by atoms with E-state index < -0.39 is 23.5 Å². The molecule has 0 amide bonds. The fraction of sp³-hybridized carbons (Fsp3) is 0.143. The lowest BCUT2D eigenvalue weighted by atomic mass is 10.1. The minimum atomic E-state index is -4.54. The van der Waals surface area contributed by atoms with Gasteiger partial charge in [0.1, 0.15) is 0 Å². The quantitative estimate of drug-likeness (QED) is 0.237. The number of aromatic nitrogens is 3. The summed E-state index contributed by atoms with van der Waals surface area (Å²) in [5.41, 5.74) is -0.849. The molecule has 0 aliphatic carbocycles. The molecule has 0 radical (unpaired) electrons. The van der Waals surface area contributed by atoms with Gasteiger partial charge in [-0.3, -0.25) is 4.57 Å². The molecular weight excluding hydrogens is 456 g/mol. The van der Waals surface area contributed by atoms with Crippen molar-refractivity contribution in [3.63, 3.8) is 0 Å². The molecule has 0 atom stereocenters. The van der Waals surface area contributed by atoms with Gasteiger partial charge >= 0.3 is 12.4 Å². The predicted molar refractivity (Wildman–Crippen MR) is 105 cm³/mol. The maximum Gasteiger partial charge on any atom is 0.416 e. The molecule has 2 heterocycles. The van der Waals surface area contributed by atoms with Gasteiger partial charge in [0, 0.05) is 5.75 Å². The summed E-state index contributed by atoms with van der Waals surface area (Å²) in [7, 11) is 0. The molecule has 2 aromatic heterocycles. The van der Waals surface area contributed by atoms with Gasteiger partial charge in [-0.25, -0.2) is 0 Å². The molecule has 0 saturated carbocycles. The summed E-state index contributed by atoms with van der Waals surface area (Å²) in [4.78, 5) is 0. The van der Waals surface area contributed by atoms with Crippen molar-refractivity contribution in [2.75, 3.05) is 0 Å². The van der Waals surface area contributed by atoms with Crippen molar-refractivity contribution in [1.82, 2.24) is 14.8 Å². The van der Waals surface area contributed by atoms with Crippen LogP contribution in [0.25, 0.3) is 17.3 Å². The zero-order chi connectivity index (χ0) is 22.9. The molecule has 0 N–H and O–H groups in total. The minimum absolute atomic E-state index is 0.172. The van der Waals surface area contributed by atoms with Crippen LogP contribution < -0.4 is 0 Å². The third-order valence-corrected chi connectivity index (χ3v) is 5.46. The van der Waals surface area contributed by atoms with E-state index in [0.29, 0.717) is 11.3 Å². The fourth-order valence-electron chi connectivity index (χ4n) is 2.92. The number of halogens is 6. The number of nitrogens with zero attached hydrogens (tertiary/aromatic N) is 3. The summed E-state index contributed by atoms with van der Waals surface area (Å²) in [6, 6.07) is 12.5. The molecule has 0 aliphatic heterocycles. The molecule has 166 valence electrons. The number of alkyl halides is 6. The largest absolute Gasteiger partial charge is 0.461 e. The highest BCUT2D eigenvalue weighted by atomic mass is 32.2. The Balaban J connectivity index is 1.68. The molecule has 4 nitrogen and oxygen atoms in total. The van der Waals surface area contributed by atoms with Gasteiger partial charge in [0.05, 0.1) is 23.1 Å². The van der Waals surface area contributed by atoms with E-state index in [1.807, 2.05) is 0 Å². The van der Waals surface area contributed by atoms with E-state index in [2.05, 4.69) is 10.2 Å². The fourth-order valence-corrected chi connectivity index (χ4v) is 3.83. The van der Waals surface area contributed by atoms with Crippen LogP contribution in [0.15, 0.2) is 76.5 Å². The number of furan rings is 1. The van der Waals surface area contributed by atoms with Crippen molar-refractivity contribution >= 4 is 11.8 Å². The van der Waals surface area contributed by atoms with E-state index >= 15 is 0 Å². The lowest BCUT2D eigenvalue weighted by Crippen LogP contribution is -2.07. The Hall–Kier alpha value is -3.21.